The largest absolute Gasteiger partial charge is 0.385 e. The predicted octanol–water partition coefficient (Wildman–Crippen LogP) is 1.07. The molecule has 10 heavy (non-hydrogen) atoms. The van der Waals surface area contributed by atoms with Crippen molar-refractivity contribution >= 4 is 0 Å². The van der Waals surface area contributed by atoms with E-state index in [9.17, 15) is 0 Å². The van der Waals surface area contributed by atoms with Gasteiger partial charge in [0.1, 0.15) is 0 Å². The van der Waals surface area contributed by atoms with Crippen LogP contribution < -0.4 is 10.6 Å². The number of allylic oxidation sites excluding steroid dienone is 2. The number of rotatable bonds is 1. The molecular weight excluding hydrogens is 124 g/mol. The summed E-state index contributed by atoms with van der Waals surface area (Å²) in [7, 11) is 0. The average molecular weight is 140 g/mol. The van der Waals surface area contributed by atoms with E-state index in [0.717, 1.165) is 13.1 Å². The van der Waals surface area contributed by atoms with Gasteiger partial charge >= 0.3 is 0 Å². The Hall–Kier alpha value is -0.660. The molecule has 1 rings (SSSR count). The molecule has 0 aromatic heterocycles. The predicted molar refractivity (Wildman–Crippen MR) is 43.5 cm³/mol. The molecule has 2 N–H and O–H groups in total. The zero-order chi connectivity index (χ0) is 7.56. The normalized spacial score (nSPS) is 18.8. The fraction of sp³-hybridized carbons (Fsp3) is 0.750. The summed E-state index contributed by atoms with van der Waals surface area (Å²) >= 11 is 0. The van der Waals surface area contributed by atoms with Gasteiger partial charge in [-0.15, -0.1) is 0 Å². The highest BCUT2D eigenvalue weighted by Gasteiger charge is 2.09. The third kappa shape index (κ3) is 1.43. The van der Waals surface area contributed by atoms with Crippen molar-refractivity contribution in [1.82, 2.24) is 10.6 Å². The average Bonchev–Trinajstić information content (AvgIpc) is 1.88. The van der Waals surface area contributed by atoms with Crippen LogP contribution in [0.1, 0.15) is 20.8 Å². The van der Waals surface area contributed by atoms with Crippen LogP contribution in [0.5, 0.6) is 0 Å². The van der Waals surface area contributed by atoms with Gasteiger partial charge < -0.3 is 10.6 Å². The van der Waals surface area contributed by atoms with E-state index in [-0.39, 0.29) is 0 Å². The Morgan fingerprint density at radius 2 is 1.80 bits per heavy atom. The Morgan fingerprint density at radius 1 is 1.20 bits per heavy atom. The number of nitrogens with one attached hydrogen (secondary N) is 2. The quantitative estimate of drug-likeness (QED) is 0.569. The van der Waals surface area contributed by atoms with Crippen LogP contribution in [-0.4, -0.2) is 13.1 Å². The molecule has 0 amide bonds. The van der Waals surface area contributed by atoms with Crippen LogP contribution in [0, 0.1) is 5.92 Å². The van der Waals surface area contributed by atoms with Gasteiger partial charge in [-0.3, -0.25) is 0 Å². The molecule has 0 unspecified atom stereocenters. The molecule has 0 spiro atoms. The fourth-order valence-corrected chi connectivity index (χ4v) is 1.31. The van der Waals surface area contributed by atoms with Crippen molar-refractivity contribution < 1.29 is 0 Å². The molecule has 0 atom stereocenters. The van der Waals surface area contributed by atoms with E-state index < -0.39 is 0 Å². The zero-order valence-corrected chi connectivity index (χ0v) is 6.99. The second-order valence-corrected chi connectivity index (χ2v) is 3.05. The molecular formula is C8H16N2. The van der Waals surface area contributed by atoms with E-state index >= 15 is 0 Å². The molecule has 0 aromatic carbocycles. The van der Waals surface area contributed by atoms with Gasteiger partial charge in [0, 0.05) is 24.5 Å². The standard InChI is InChI=1S/C8H16N2/c1-6(2)8-7(3)9-4-5-10-8/h6,9-10H,4-5H2,1-3H3. The molecule has 2 nitrogen and oxygen atoms in total. The van der Waals surface area contributed by atoms with Gasteiger partial charge in [-0.2, -0.15) is 0 Å². The Morgan fingerprint density at radius 3 is 2.20 bits per heavy atom. The Labute approximate surface area is 62.7 Å². The lowest BCUT2D eigenvalue weighted by atomic mass is 10.1. The first-order valence-corrected chi connectivity index (χ1v) is 3.90. The van der Waals surface area contributed by atoms with Crippen molar-refractivity contribution in [2.45, 2.75) is 20.8 Å². The summed E-state index contributed by atoms with van der Waals surface area (Å²) < 4.78 is 0. The molecule has 0 saturated carbocycles. The van der Waals surface area contributed by atoms with Crippen LogP contribution in [0.3, 0.4) is 0 Å². The lowest BCUT2D eigenvalue weighted by Crippen LogP contribution is -2.36. The third-order valence-corrected chi connectivity index (χ3v) is 1.81. The van der Waals surface area contributed by atoms with Crippen LogP contribution in [0.2, 0.25) is 0 Å². The van der Waals surface area contributed by atoms with Gasteiger partial charge in [0.2, 0.25) is 0 Å². The van der Waals surface area contributed by atoms with E-state index in [1.165, 1.54) is 11.4 Å². The van der Waals surface area contributed by atoms with Gasteiger partial charge in [-0.1, -0.05) is 13.8 Å². The van der Waals surface area contributed by atoms with Gasteiger partial charge in [-0.05, 0) is 12.8 Å². The highest BCUT2D eigenvalue weighted by Crippen LogP contribution is 2.11. The summed E-state index contributed by atoms with van der Waals surface area (Å²) in [6, 6.07) is 0. The minimum Gasteiger partial charge on any atom is -0.385 e. The molecule has 1 aliphatic heterocycles. The molecule has 0 aliphatic carbocycles. The lowest BCUT2D eigenvalue weighted by molar-refractivity contribution is 0.570. The molecule has 0 aromatic rings. The summed E-state index contributed by atoms with van der Waals surface area (Å²) in [5.41, 5.74) is 2.67. The van der Waals surface area contributed by atoms with E-state index in [1.54, 1.807) is 0 Å². The first-order chi connectivity index (χ1) is 4.72. The van der Waals surface area contributed by atoms with E-state index in [4.69, 9.17) is 0 Å². The molecule has 1 heterocycles. The van der Waals surface area contributed by atoms with Crippen molar-refractivity contribution in [2.75, 3.05) is 13.1 Å². The van der Waals surface area contributed by atoms with Gasteiger partial charge in [0.15, 0.2) is 0 Å². The Kier molecular flexibility index (Phi) is 2.20. The minimum absolute atomic E-state index is 0.618. The summed E-state index contributed by atoms with van der Waals surface area (Å²) in [5, 5.41) is 6.72. The molecule has 0 radical (unpaired) electrons. The molecule has 58 valence electrons. The third-order valence-electron chi connectivity index (χ3n) is 1.81. The topological polar surface area (TPSA) is 24.1 Å². The maximum atomic E-state index is 3.39. The highest BCUT2D eigenvalue weighted by molar-refractivity contribution is 5.13. The van der Waals surface area contributed by atoms with E-state index in [1.807, 2.05) is 0 Å². The first-order valence-electron chi connectivity index (χ1n) is 3.90. The second-order valence-electron chi connectivity index (χ2n) is 3.05. The molecule has 1 aliphatic rings. The first kappa shape index (κ1) is 7.45. The number of hydrogen-bond acceptors (Lipinski definition) is 2. The minimum atomic E-state index is 0.618. The van der Waals surface area contributed by atoms with Crippen LogP contribution in [0.15, 0.2) is 11.4 Å². The molecule has 0 fully saturated rings. The van der Waals surface area contributed by atoms with Crippen molar-refractivity contribution in [2.24, 2.45) is 5.92 Å². The van der Waals surface area contributed by atoms with Gasteiger partial charge in [0.05, 0.1) is 0 Å². The lowest BCUT2D eigenvalue weighted by Gasteiger charge is -2.24. The van der Waals surface area contributed by atoms with E-state index in [0.29, 0.717) is 5.92 Å². The van der Waals surface area contributed by atoms with Crippen LogP contribution in [0.25, 0.3) is 0 Å². The smallest absolute Gasteiger partial charge is 0.0323 e. The Balaban J connectivity index is 2.68. The van der Waals surface area contributed by atoms with E-state index in [2.05, 4.69) is 31.4 Å². The molecule has 0 saturated heterocycles. The van der Waals surface area contributed by atoms with Crippen molar-refractivity contribution in [1.29, 1.82) is 0 Å². The maximum Gasteiger partial charge on any atom is 0.0323 e. The SMILES string of the molecule is CC1=C(C(C)C)NCCN1. The summed E-state index contributed by atoms with van der Waals surface area (Å²) in [6.45, 7) is 8.66. The maximum absolute atomic E-state index is 3.39. The highest BCUT2D eigenvalue weighted by atomic mass is 15.0. The fourth-order valence-electron chi connectivity index (χ4n) is 1.31. The van der Waals surface area contributed by atoms with Crippen LogP contribution >= 0.6 is 0 Å². The second kappa shape index (κ2) is 2.95. The summed E-state index contributed by atoms with van der Waals surface area (Å²) in [6.07, 6.45) is 0. The van der Waals surface area contributed by atoms with Crippen LogP contribution in [-0.2, 0) is 0 Å². The monoisotopic (exact) mass is 140 g/mol. The summed E-state index contributed by atoms with van der Waals surface area (Å²) in [5.74, 6) is 0.618. The van der Waals surface area contributed by atoms with Crippen molar-refractivity contribution in [3.8, 4) is 0 Å². The summed E-state index contributed by atoms with van der Waals surface area (Å²) in [4.78, 5) is 0. The van der Waals surface area contributed by atoms with Gasteiger partial charge in [-0.25, -0.2) is 0 Å². The molecule has 0 bridgehead atoms. The van der Waals surface area contributed by atoms with Gasteiger partial charge in [0.25, 0.3) is 0 Å². The Bertz CT molecular complexity index is 147. The van der Waals surface area contributed by atoms with Crippen LogP contribution in [0.4, 0.5) is 0 Å². The number of hydrogen-bond donors (Lipinski definition) is 2. The molecule has 2 heteroatoms. The van der Waals surface area contributed by atoms with Crippen molar-refractivity contribution in [3.63, 3.8) is 0 Å². The zero-order valence-electron chi connectivity index (χ0n) is 6.99. The van der Waals surface area contributed by atoms with Crippen molar-refractivity contribution in [3.05, 3.63) is 11.4 Å².